The Labute approximate surface area is 148 Å². The van der Waals surface area contributed by atoms with Gasteiger partial charge in [0, 0.05) is 31.6 Å². The Hall–Kier alpha value is -1.93. The summed E-state index contributed by atoms with van der Waals surface area (Å²) in [5.41, 5.74) is 0.598. The van der Waals surface area contributed by atoms with Crippen LogP contribution in [0.15, 0.2) is 34.2 Å². The van der Waals surface area contributed by atoms with Gasteiger partial charge in [-0.2, -0.15) is 0 Å². The second-order valence-corrected chi connectivity index (χ2v) is 8.07. The third kappa shape index (κ3) is 4.01. The predicted molar refractivity (Wildman–Crippen MR) is 96.1 cm³/mol. The Morgan fingerprint density at radius 3 is 2.76 bits per heavy atom. The number of fused-ring (bicyclic) bond motifs is 1. The number of piperidine rings is 1. The molecule has 8 heteroatoms. The molecule has 1 saturated heterocycles. The molecule has 0 spiro atoms. The summed E-state index contributed by atoms with van der Waals surface area (Å²) in [4.78, 5) is 18.7. The minimum atomic E-state index is -3.50. The molecular weight excluding hydrogens is 340 g/mol. The van der Waals surface area contributed by atoms with Gasteiger partial charge < -0.3 is 10.2 Å². The summed E-state index contributed by atoms with van der Waals surface area (Å²) >= 11 is 0. The van der Waals surface area contributed by atoms with Gasteiger partial charge in [0.15, 0.2) is 0 Å². The highest BCUT2D eigenvalue weighted by Gasteiger charge is 2.30. The van der Waals surface area contributed by atoms with Gasteiger partial charge in [-0.25, -0.2) is 8.42 Å². The van der Waals surface area contributed by atoms with E-state index < -0.39 is 10.0 Å². The molecule has 0 atom stereocenters. The van der Waals surface area contributed by atoms with E-state index in [-0.39, 0.29) is 10.8 Å². The largest absolute Gasteiger partial charge is 0.343 e. The summed E-state index contributed by atoms with van der Waals surface area (Å²) in [6.07, 6.45) is 3.00. The van der Waals surface area contributed by atoms with Crippen molar-refractivity contribution < 1.29 is 13.2 Å². The molecular formula is C17H24N4O3S. The van der Waals surface area contributed by atoms with Crippen molar-refractivity contribution in [1.82, 2.24) is 14.9 Å². The van der Waals surface area contributed by atoms with Gasteiger partial charge in [-0.05, 0) is 44.5 Å². The number of hydrogen-bond acceptors (Lipinski definition) is 5. The van der Waals surface area contributed by atoms with Crippen molar-refractivity contribution in [1.29, 1.82) is 0 Å². The van der Waals surface area contributed by atoms with Crippen molar-refractivity contribution in [2.24, 2.45) is 4.99 Å². The lowest BCUT2D eigenvalue weighted by molar-refractivity contribution is -0.132. The number of amides is 1. The number of nitrogens with zero attached hydrogens (tertiary/aromatic N) is 2. The Balaban J connectivity index is 1.53. The number of carbonyl (C=O) groups excluding carboxylic acids is 1. The highest BCUT2D eigenvalue weighted by Crippen LogP contribution is 2.22. The fourth-order valence-corrected chi connectivity index (χ4v) is 4.50. The second kappa shape index (κ2) is 7.53. The van der Waals surface area contributed by atoms with E-state index in [4.69, 9.17) is 0 Å². The van der Waals surface area contributed by atoms with Crippen LogP contribution in [0.3, 0.4) is 0 Å². The molecule has 0 radical (unpaired) electrons. The summed E-state index contributed by atoms with van der Waals surface area (Å²) in [6.45, 7) is 2.32. The zero-order chi connectivity index (χ0) is 17.9. The lowest BCUT2D eigenvalue weighted by Gasteiger charge is -2.31. The number of rotatable bonds is 5. The number of aliphatic imine (C=N–C) groups is 1. The summed E-state index contributed by atoms with van der Waals surface area (Å²) in [7, 11) is -1.63. The van der Waals surface area contributed by atoms with Gasteiger partial charge >= 0.3 is 0 Å². The molecule has 136 valence electrons. The lowest BCUT2D eigenvalue weighted by atomic mass is 10.0. The van der Waals surface area contributed by atoms with Crippen LogP contribution >= 0.6 is 0 Å². The number of benzene rings is 1. The number of hydrogen-bond donors (Lipinski definition) is 2. The highest BCUT2D eigenvalue weighted by molar-refractivity contribution is 7.90. The zero-order valence-corrected chi connectivity index (χ0v) is 15.2. The topological polar surface area (TPSA) is 90.9 Å². The summed E-state index contributed by atoms with van der Waals surface area (Å²) < 4.78 is 26.5. The molecule has 2 aliphatic heterocycles. The van der Waals surface area contributed by atoms with E-state index in [2.05, 4.69) is 15.0 Å². The van der Waals surface area contributed by atoms with E-state index >= 15 is 0 Å². The lowest BCUT2D eigenvalue weighted by Crippen LogP contribution is -2.43. The van der Waals surface area contributed by atoms with Crippen molar-refractivity contribution in [2.75, 3.05) is 26.7 Å². The molecule has 1 amide bonds. The number of carbonyl (C=O) groups is 1. The van der Waals surface area contributed by atoms with Crippen LogP contribution in [-0.2, 0) is 14.8 Å². The second-order valence-electron chi connectivity index (χ2n) is 6.42. The monoisotopic (exact) mass is 364 g/mol. The van der Waals surface area contributed by atoms with Crippen molar-refractivity contribution in [3.8, 4) is 0 Å². The molecule has 7 nitrogen and oxygen atoms in total. The first-order valence-corrected chi connectivity index (χ1v) is 10.1. The minimum Gasteiger partial charge on any atom is -0.343 e. The van der Waals surface area contributed by atoms with Gasteiger partial charge in [-0.3, -0.25) is 14.5 Å². The van der Waals surface area contributed by atoms with Crippen LogP contribution in [0.1, 0.15) is 31.2 Å². The third-order valence-corrected chi connectivity index (χ3v) is 6.13. The van der Waals surface area contributed by atoms with E-state index in [1.807, 2.05) is 11.9 Å². The fraction of sp³-hybridized carbons (Fsp3) is 0.529. The van der Waals surface area contributed by atoms with Gasteiger partial charge in [0.2, 0.25) is 5.91 Å². The fourth-order valence-electron chi connectivity index (χ4n) is 3.25. The normalized spacial score (nSPS) is 20.9. The van der Waals surface area contributed by atoms with Crippen molar-refractivity contribution in [3.05, 3.63) is 29.8 Å². The summed E-state index contributed by atoms with van der Waals surface area (Å²) in [5, 5.41) is 3.30. The first kappa shape index (κ1) is 17.9. The van der Waals surface area contributed by atoms with E-state index in [0.29, 0.717) is 36.8 Å². The van der Waals surface area contributed by atoms with Crippen LogP contribution < -0.4 is 10.0 Å². The number of sulfonamides is 1. The molecule has 0 aromatic heterocycles. The van der Waals surface area contributed by atoms with E-state index in [1.165, 1.54) is 0 Å². The third-order valence-electron chi connectivity index (χ3n) is 4.73. The van der Waals surface area contributed by atoms with Gasteiger partial charge in [-0.15, -0.1) is 0 Å². The molecule has 1 aromatic rings. The van der Waals surface area contributed by atoms with E-state index in [0.717, 1.165) is 25.9 Å². The molecule has 2 aliphatic rings. The number of amidine groups is 1. The van der Waals surface area contributed by atoms with Gasteiger partial charge in [0.25, 0.3) is 10.0 Å². The van der Waals surface area contributed by atoms with Crippen LogP contribution in [0, 0.1) is 0 Å². The quantitative estimate of drug-likeness (QED) is 0.753. The zero-order valence-electron chi connectivity index (χ0n) is 14.4. The average molecular weight is 364 g/mol. The molecule has 0 unspecified atom stereocenters. The van der Waals surface area contributed by atoms with Gasteiger partial charge in [0.05, 0.1) is 4.90 Å². The standard InChI is InChI=1S/C17H24N4O3S/c1-21(13-8-11-18-12-9-13)16(22)7-4-10-19-17-14-5-2-3-6-15(14)25(23,24)20-17/h2-3,5-6,13,18H,4,7-12H2,1H3,(H,19,20). The Bertz CT molecular complexity index is 770. The average Bonchev–Trinajstić information content (AvgIpc) is 2.89. The van der Waals surface area contributed by atoms with Crippen LogP contribution in [0.5, 0.6) is 0 Å². The molecule has 0 saturated carbocycles. The first-order valence-electron chi connectivity index (χ1n) is 8.62. The van der Waals surface area contributed by atoms with Crippen LogP contribution in [0.4, 0.5) is 0 Å². The predicted octanol–water partition coefficient (Wildman–Crippen LogP) is 0.716. The highest BCUT2D eigenvalue weighted by atomic mass is 32.2. The molecule has 2 N–H and O–H groups in total. The molecule has 0 bridgehead atoms. The Kier molecular flexibility index (Phi) is 5.39. The minimum absolute atomic E-state index is 0.125. The molecule has 1 fully saturated rings. The smallest absolute Gasteiger partial charge is 0.263 e. The van der Waals surface area contributed by atoms with Gasteiger partial charge in [-0.1, -0.05) is 12.1 Å². The summed E-state index contributed by atoms with van der Waals surface area (Å²) in [6, 6.07) is 7.10. The SMILES string of the molecule is CN(C(=O)CCCN=C1NS(=O)(=O)c2ccccc21)C1CCNCC1. The maximum Gasteiger partial charge on any atom is 0.263 e. The molecule has 25 heavy (non-hydrogen) atoms. The molecule has 1 aromatic carbocycles. The van der Waals surface area contributed by atoms with Crippen LogP contribution in [0.25, 0.3) is 0 Å². The van der Waals surface area contributed by atoms with Crippen molar-refractivity contribution in [3.63, 3.8) is 0 Å². The molecule has 2 heterocycles. The Morgan fingerprint density at radius 2 is 2.00 bits per heavy atom. The maximum atomic E-state index is 12.3. The molecule has 3 rings (SSSR count). The number of nitrogens with one attached hydrogen (secondary N) is 2. The van der Waals surface area contributed by atoms with Crippen molar-refractivity contribution >= 4 is 21.8 Å². The van der Waals surface area contributed by atoms with Crippen molar-refractivity contribution in [2.45, 2.75) is 36.6 Å². The maximum absolute atomic E-state index is 12.3. The van der Waals surface area contributed by atoms with Crippen LogP contribution in [0.2, 0.25) is 0 Å². The van der Waals surface area contributed by atoms with Crippen LogP contribution in [-0.4, -0.2) is 57.8 Å². The summed E-state index contributed by atoms with van der Waals surface area (Å²) in [5.74, 6) is 0.495. The molecule has 0 aliphatic carbocycles. The Morgan fingerprint density at radius 1 is 1.28 bits per heavy atom. The first-order chi connectivity index (χ1) is 12.0. The van der Waals surface area contributed by atoms with E-state index in [9.17, 15) is 13.2 Å². The van der Waals surface area contributed by atoms with Gasteiger partial charge in [0.1, 0.15) is 5.84 Å². The van der Waals surface area contributed by atoms with E-state index in [1.54, 1.807) is 24.3 Å².